The van der Waals surface area contributed by atoms with Gasteiger partial charge in [0.05, 0.1) is 5.52 Å². The molecule has 0 atom stereocenters. The predicted molar refractivity (Wildman–Crippen MR) is 53.1 cm³/mol. The molecule has 12 heavy (non-hydrogen) atoms. The maximum absolute atomic E-state index is 3.75. The van der Waals surface area contributed by atoms with Crippen LogP contribution in [0.2, 0.25) is 0 Å². The van der Waals surface area contributed by atoms with Gasteiger partial charge in [-0.25, -0.2) is 0 Å². The molecule has 1 aromatic carbocycles. The average Bonchev–Trinajstić information content (AvgIpc) is 2.46. The first-order chi connectivity index (χ1) is 5.81. The molecule has 0 N–H and O–H groups in total. The molecule has 1 heterocycles. The first kappa shape index (κ1) is 7.17. The zero-order valence-electron chi connectivity index (χ0n) is 7.12. The van der Waals surface area contributed by atoms with Crippen molar-refractivity contribution in [2.45, 2.75) is 6.92 Å². The first-order valence-corrected chi connectivity index (χ1v) is 4.01. The number of aromatic nitrogens is 1. The van der Waals surface area contributed by atoms with Crippen molar-refractivity contribution in [3.63, 3.8) is 0 Å². The maximum atomic E-state index is 3.75. The minimum Gasteiger partial charge on any atom is -0.324 e. The Balaban J connectivity index is 2.83. The van der Waals surface area contributed by atoms with Gasteiger partial charge in [0, 0.05) is 12.4 Å². The molecule has 1 heteroatoms. The van der Waals surface area contributed by atoms with E-state index in [1.807, 2.05) is 17.0 Å². The largest absolute Gasteiger partial charge is 0.324 e. The van der Waals surface area contributed by atoms with Crippen molar-refractivity contribution in [1.82, 2.24) is 4.57 Å². The van der Waals surface area contributed by atoms with Crippen molar-refractivity contribution in [1.29, 1.82) is 0 Å². The SMILES string of the molecule is C=Cn1ccc2ccc(C)cc21. The quantitative estimate of drug-likeness (QED) is 0.599. The van der Waals surface area contributed by atoms with Crippen LogP contribution >= 0.6 is 0 Å². The van der Waals surface area contributed by atoms with Crippen LogP contribution < -0.4 is 0 Å². The molecule has 1 nitrogen and oxygen atoms in total. The summed E-state index contributed by atoms with van der Waals surface area (Å²) in [5, 5.41) is 1.26. The van der Waals surface area contributed by atoms with Gasteiger partial charge in [-0.15, -0.1) is 0 Å². The predicted octanol–water partition coefficient (Wildman–Crippen LogP) is 3.05. The Morgan fingerprint density at radius 1 is 1.33 bits per heavy atom. The summed E-state index contributed by atoms with van der Waals surface area (Å²) in [5.41, 5.74) is 2.51. The highest BCUT2D eigenvalue weighted by Gasteiger charge is 1.96. The molecular formula is C11H11N. The van der Waals surface area contributed by atoms with Crippen LogP contribution in [-0.2, 0) is 0 Å². The van der Waals surface area contributed by atoms with Crippen LogP contribution in [-0.4, -0.2) is 4.57 Å². The lowest BCUT2D eigenvalue weighted by molar-refractivity contribution is 1.23. The minimum atomic E-state index is 1.23. The van der Waals surface area contributed by atoms with Crippen molar-refractivity contribution in [3.8, 4) is 0 Å². The number of aryl methyl sites for hydroxylation is 1. The molecule has 0 fully saturated rings. The summed E-state index contributed by atoms with van der Waals surface area (Å²) >= 11 is 0. The van der Waals surface area contributed by atoms with Crippen LogP contribution in [0.3, 0.4) is 0 Å². The lowest BCUT2D eigenvalue weighted by Gasteiger charge is -1.97. The highest BCUT2D eigenvalue weighted by atomic mass is 14.9. The van der Waals surface area contributed by atoms with Gasteiger partial charge >= 0.3 is 0 Å². The van der Waals surface area contributed by atoms with E-state index in [0.29, 0.717) is 0 Å². The van der Waals surface area contributed by atoms with Gasteiger partial charge in [0.1, 0.15) is 0 Å². The lowest BCUT2D eigenvalue weighted by atomic mass is 10.2. The van der Waals surface area contributed by atoms with Crippen LogP contribution in [0, 0.1) is 6.92 Å². The molecule has 1 aromatic heterocycles. The standard InChI is InChI=1S/C11H11N/c1-3-12-7-6-10-5-4-9(2)8-11(10)12/h3-8H,1H2,2H3. The Bertz CT molecular complexity index is 423. The van der Waals surface area contributed by atoms with E-state index in [0.717, 1.165) is 0 Å². The van der Waals surface area contributed by atoms with Crippen molar-refractivity contribution >= 4 is 17.1 Å². The summed E-state index contributed by atoms with van der Waals surface area (Å²) in [7, 11) is 0. The van der Waals surface area contributed by atoms with Crippen LogP contribution in [0.25, 0.3) is 17.1 Å². The van der Waals surface area contributed by atoms with E-state index < -0.39 is 0 Å². The molecule has 2 aromatic rings. The van der Waals surface area contributed by atoms with E-state index in [-0.39, 0.29) is 0 Å². The van der Waals surface area contributed by atoms with Crippen molar-refractivity contribution in [2.24, 2.45) is 0 Å². The Hall–Kier alpha value is -1.50. The van der Waals surface area contributed by atoms with Gasteiger partial charge in [-0.1, -0.05) is 18.7 Å². The molecule has 0 saturated heterocycles. The van der Waals surface area contributed by atoms with Crippen molar-refractivity contribution in [3.05, 3.63) is 42.6 Å². The third-order valence-corrected chi connectivity index (χ3v) is 2.08. The molecule has 0 radical (unpaired) electrons. The normalized spacial score (nSPS) is 10.4. The summed E-state index contributed by atoms with van der Waals surface area (Å²) in [6, 6.07) is 8.51. The number of benzene rings is 1. The third kappa shape index (κ3) is 0.944. The molecule has 0 aliphatic heterocycles. The van der Waals surface area contributed by atoms with Crippen molar-refractivity contribution in [2.75, 3.05) is 0 Å². The van der Waals surface area contributed by atoms with E-state index in [1.54, 1.807) is 0 Å². The third-order valence-electron chi connectivity index (χ3n) is 2.08. The molecule has 0 aliphatic carbocycles. The van der Waals surface area contributed by atoms with Gasteiger partial charge in [0.2, 0.25) is 0 Å². The average molecular weight is 157 g/mol. The molecule has 0 spiro atoms. The fraction of sp³-hybridized carbons (Fsp3) is 0.0909. The second kappa shape index (κ2) is 2.52. The Labute approximate surface area is 71.9 Å². The molecule has 60 valence electrons. The second-order valence-electron chi connectivity index (χ2n) is 2.97. The van der Waals surface area contributed by atoms with Gasteiger partial charge < -0.3 is 4.57 Å². The topological polar surface area (TPSA) is 4.93 Å². The van der Waals surface area contributed by atoms with Gasteiger partial charge in [-0.05, 0) is 30.0 Å². The fourth-order valence-electron chi connectivity index (χ4n) is 1.42. The smallest absolute Gasteiger partial charge is 0.0524 e. The molecule has 0 unspecified atom stereocenters. The Morgan fingerprint density at radius 2 is 2.17 bits per heavy atom. The van der Waals surface area contributed by atoms with Crippen LogP contribution in [0.5, 0.6) is 0 Å². The lowest BCUT2D eigenvalue weighted by Crippen LogP contribution is -1.81. The second-order valence-corrected chi connectivity index (χ2v) is 2.97. The minimum absolute atomic E-state index is 1.23. The summed E-state index contributed by atoms with van der Waals surface area (Å²) in [4.78, 5) is 0. The molecule has 0 amide bonds. The fourth-order valence-corrected chi connectivity index (χ4v) is 1.42. The van der Waals surface area contributed by atoms with Crippen LogP contribution in [0.4, 0.5) is 0 Å². The van der Waals surface area contributed by atoms with Crippen LogP contribution in [0.1, 0.15) is 5.56 Å². The van der Waals surface area contributed by atoms with Gasteiger partial charge in [-0.2, -0.15) is 0 Å². The number of nitrogens with zero attached hydrogens (tertiary/aromatic N) is 1. The molecular weight excluding hydrogens is 146 g/mol. The first-order valence-electron chi connectivity index (χ1n) is 4.01. The molecule has 2 rings (SSSR count). The summed E-state index contributed by atoms with van der Waals surface area (Å²) in [6.07, 6.45) is 3.85. The van der Waals surface area contributed by atoms with E-state index in [9.17, 15) is 0 Å². The number of fused-ring (bicyclic) bond motifs is 1. The number of hydrogen-bond donors (Lipinski definition) is 0. The monoisotopic (exact) mass is 157 g/mol. The van der Waals surface area contributed by atoms with E-state index >= 15 is 0 Å². The summed E-state index contributed by atoms with van der Waals surface area (Å²) < 4.78 is 2.03. The Morgan fingerprint density at radius 3 is 2.92 bits per heavy atom. The van der Waals surface area contributed by atoms with Gasteiger partial charge in [-0.3, -0.25) is 0 Å². The number of rotatable bonds is 1. The van der Waals surface area contributed by atoms with Crippen LogP contribution in [0.15, 0.2) is 37.0 Å². The van der Waals surface area contributed by atoms with Crippen molar-refractivity contribution < 1.29 is 0 Å². The highest BCUT2D eigenvalue weighted by Crippen LogP contribution is 2.16. The van der Waals surface area contributed by atoms with E-state index in [1.165, 1.54) is 16.5 Å². The molecule has 0 aliphatic rings. The molecule has 0 bridgehead atoms. The summed E-state index contributed by atoms with van der Waals surface area (Å²) in [6.45, 7) is 5.84. The van der Waals surface area contributed by atoms with Gasteiger partial charge in [0.25, 0.3) is 0 Å². The zero-order chi connectivity index (χ0) is 8.55. The summed E-state index contributed by atoms with van der Waals surface area (Å²) in [5.74, 6) is 0. The number of hydrogen-bond acceptors (Lipinski definition) is 0. The zero-order valence-corrected chi connectivity index (χ0v) is 7.12. The maximum Gasteiger partial charge on any atom is 0.0524 e. The van der Waals surface area contributed by atoms with Gasteiger partial charge in [0.15, 0.2) is 0 Å². The molecule has 0 saturated carbocycles. The Kier molecular flexibility index (Phi) is 1.51. The van der Waals surface area contributed by atoms with E-state index in [4.69, 9.17) is 0 Å². The van der Waals surface area contributed by atoms with E-state index in [2.05, 4.69) is 37.8 Å². The highest BCUT2D eigenvalue weighted by molar-refractivity contribution is 5.82.